The molecule has 0 radical (unpaired) electrons. The number of carbonyl (C=O) groups is 2. The zero-order valence-corrected chi connectivity index (χ0v) is 11.5. The standard InChI is InChI=1S/C14H15N3O3/c1-8-5-4-6-12(15-8)14(19)17-16-13(18)11-7-9(2)20-10(11)3/h4-7H,1-3H3,(H,16,18)(H,17,19). The number of aryl methyl sites for hydroxylation is 3. The molecule has 2 amide bonds. The van der Waals surface area contributed by atoms with Gasteiger partial charge in [-0.05, 0) is 39.0 Å². The average Bonchev–Trinajstić information content (AvgIpc) is 2.74. The fourth-order valence-corrected chi connectivity index (χ4v) is 1.77. The summed E-state index contributed by atoms with van der Waals surface area (Å²) < 4.78 is 5.26. The van der Waals surface area contributed by atoms with Gasteiger partial charge in [0, 0.05) is 5.69 Å². The van der Waals surface area contributed by atoms with Gasteiger partial charge >= 0.3 is 0 Å². The molecule has 0 fully saturated rings. The van der Waals surface area contributed by atoms with Gasteiger partial charge in [-0.3, -0.25) is 20.4 Å². The molecule has 104 valence electrons. The zero-order chi connectivity index (χ0) is 14.7. The molecular weight excluding hydrogens is 258 g/mol. The minimum absolute atomic E-state index is 0.241. The van der Waals surface area contributed by atoms with E-state index in [9.17, 15) is 9.59 Å². The van der Waals surface area contributed by atoms with Crippen LogP contribution in [0.25, 0.3) is 0 Å². The van der Waals surface area contributed by atoms with Crippen molar-refractivity contribution in [2.75, 3.05) is 0 Å². The van der Waals surface area contributed by atoms with Gasteiger partial charge in [0.1, 0.15) is 17.2 Å². The Kier molecular flexibility index (Phi) is 3.84. The number of aromatic nitrogens is 1. The molecule has 2 N–H and O–H groups in total. The molecule has 0 saturated carbocycles. The van der Waals surface area contributed by atoms with Gasteiger partial charge in [0.05, 0.1) is 5.56 Å². The summed E-state index contributed by atoms with van der Waals surface area (Å²) in [6.07, 6.45) is 0. The molecule has 2 aromatic rings. The highest BCUT2D eigenvalue weighted by Gasteiger charge is 2.15. The van der Waals surface area contributed by atoms with Crippen LogP contribution in [0, 0.1) is 20.8 Å². The van der Waals surface area contributed by atoms with E-state index < -0.39 is 11.8 Å². The van der Waals surface area contributed by atoms with Crippen LogP contribution >= 0.6 is 0 Å². The molecule has 0 unspecified atom stereocenters. The number of hydrogen-bond donors (Lipinski definition) is 2. The first kappa shape index (κ1) is 13.8. The molecule has 6 nitrogen and oxygen atoms in total. The summed E-state index contributed by atoms with van der Waals surface area (Å²) in [7, 11) is 0. The fourth-order valence-electron chi connectivity index (χ4n) is 1.77. The van der Waals surface area contributed by atoms with E-state index in [1.807, 2.05) is 0 Å². The molecule has 2 heterocycles. The molecule has 0 aliphatic rings. The predicted molar refractivity (Wildman–Crippen MR) is 72.1 cm³/mol. The summed E-state index contributed by atoms with van der Waals surface area (Å²) in [5.41, 5.74) is 6.01. The lowest BCUT2D eigenvalue weighted by Gasteiger charge is -2.06. The first-order valence-corrected chi connectivity index (χ1v) is 6.09. The normalized spacial score (nSPS) is 10.2. The Hall–Kier alpha value is -2.63. The Bertz CT molecular complexity index is 661. The first-order valence-electron chi connectivity index (χ1n) is 6.09. The second-order valence-corrected chi connectivity index (χ2v) is 4.40. The van der Waals surface area contributed by atoms with E-state index in [0.717, 1.165) is 5.69 Å². The Morgan fingerprint density at radius 3 is 2.40 bits per heavy atom. The molecule has 2 rings (SSSR count). The van der Waals surface area contributed by atoms with Crippen molar-refractivity contribution in [3.05, 3.63) is 52.7 Å². The Labute approximate surface area is 116 Å². The van der Waals surface area contributed by atoms with Gasteiger partial charge in [0.2, 0.25) is 0 Å². The monoisotopic (exact) mass is 273 g/mol. The third kappa shape index (κ3) is 3.03. The summed E-state index contributed by atoms with van der Waals surface area (Å²) >= 11 is 0. The Morgan fingerprint density at radius 1 is 1.10 bits per heavy atom. The van der Waals surface area contributed by atoms with Crippen molar-refractivity contribution < 1.29 is 14.0 Å². The maximum atomic E-state index is 11.9. The Balaban J connectivity index is 2.00. The predicted octanol–water partition coefficient (Wildman–Crippen LogP) is 1.67. The number of nitrogens with zero attached hydrogens (tertiary/aromatic N) is 1. The topological polar surface area (TPSA) is 84.2 Å². The number of rotatable bonds is 2. The maximum absolute atomic E-state index is 11.9. The molecule has 0 bridgehead atoms. The number of hydrogen-bond acceptors (Lipinski definition) is 4. The van der Waals surface area contributed by atoms with E-state index in [0.29, 0.717) is 17.1 Å². The van der Waals surface area contributed by atoms with Crippen molar-refractivity contribution in [3.8, 4) is 0 Å². The van der Waals surface area contributed by atoms with Gasteiger partial charge in [0.15, 0.2) is 0 Å². The number of nitrogens with one attached hydrogen (secondary N) is 2. The van der Waals surface area contributed by atoms with E-state index in [4.69, 9.17) is 4.42 Å². The zero-order valence-electron chi connectivity index (χ0n) is 11.5. The van der Waals surface area contributed by atoms with Gasteiger partial charge in [0.25, 0.3) is 11.8 Å². The van der Waals surface area contributed by atoms with E-state index in [2.05, 4.69) is 15.8 Å². The number of amides is 2. The maximum Gasteiger partial charge on any atom is 0.288 e. The van der Waals surface area contributed by atoms with Crippen LogP contribution in [0.1, 0.15) is 38.1 Å². The molecule has 0 saturated heterocycles. The number of pyridine rings is 1. The lowest BCUT2D eigenvalue weighted by atomic mass is 10.2. The summed E-state index contributed by atoms with van der Waals surface area (Å²) in [5.74, 6) is 0.238. The highest BCUT2D eigenvalue weighted by Crippen LogP contribution is 2.12. The number of carbonyl (C=O) groups excluding carboxylic acids is 2. The van der Waals surface area contributed by atoms with Crippen molar-refractivity contribution in [2.45, 2.75) is 20.8 Å². The average molecular weight is 273 g/mol. The summed E-state index contributed by atoms with van der Waals surface area (Å²) in [6, 6.07) is 6.69. The first-order chi connectivity index (χ1) is 9.47. The second kappa shape index (κ2) is 5.56. The van der Waals surface area contributed by atoms with Crippen molar-refractivity contribution in [2.24, 2.45) is 0 Å². The van der Waals surface area contributed by atoms with Gasteiger partial charge in [-0.2, -0.15) is 0 Å². The second-order valence-electron chi connectivity index (χ2n) is 4.40. The molecule has 0 atom stereocenters. The van der Waals surface area contributed by atoms with Crippen LogP contribution in [0.2, 0.25) is 0 Å². The van der Waals surface area contributed by atoms with Crippen LogP contribution in [0.3, 0.4) is 0 Å². The third-order valence-electron chi connectivity index (χ3n) is 2.70. The lowest BCUT2D eigenvalue weighted by Crippen LogP contribution is -2.42. The summed E-state index contributed by atoms with van der Waals surface area (Å²) in [4.78, 5) is 27.7. The van der Waals surface area contributed by atoms with E-state index in [-0.39, 0.29) is 5.69 Å². The Morgan fingerprint density at radius 2 is 1.80 bits per heavy atom. The molecular formula is C14H15N3O3. The van der Waals surface area contributed by atoms with Crippen molar-refractivity contribution >= 4 is 11.8 Å². The van der Waals surface area contributed by atoms with Crippen molar-refractivity contribution in [1.29, 1.82) is 0 Å². The summed E-state index contributed by atoms with van der Waals surface area (Å²) in [6.45, 7) is 5.22. The summed E-state index contributed by atoms with van der Waals surface area (Å²) in [5, 5.41) is 0. The SMILES string of the molecule is Cc1cccc(C(=O)NNC(=O)c2cc(C)oc2C)n1. The molecule has 0 aliphatic carbocycles. The van der Waals surface area contributed by atoms with Crippen LogP contribution in [0.5, 0.6) is 0 Å². The molecule has 0 aliphatic heterocycles. The minimum Gasteiger partial charge on any atom is -0.466 e. The smallest absolute Gasteiger partial charge is 0.288 e. The number of hydrazine groups is 1. The van der Waals surface area contributed by atoms with E-state index >= 15 is 0 Å². The molecule has 0 aromatic carbocycles. The van der Waals surface area contributed by atoms with Gasteiger partial charge in [-0.25, -0.2) is 4.98 Å². The highest BCUT2D eigenvalue weighted by molar-refractivity contribution is 5.98. The van der Waals surface area contributed by atoms with Crippen LogP contribution < -0.4 is 10.9 Å². The van der Waals surface area contributed by atoms with Crippen LogP contribution in [-0.4, -0.2) is 16.8 Å². The van der Waals surface area contributed by atoms with Crippen molar-refractivity contribution in [1.82, 2.24) is 15.8 Å². The molecule has 6 heteroatoms. The molecule has 20 heavy (non-hydrogen) atoms. The quantitative estimate of drug-likeness (QED) is 0.815. The van der Waals surface area contributed by atoms with Gasteiger partial charge < -0.3 is 4.42 Å². The van der Waals surface area contributed by atoms with Gasteiger partial charge in [-0.15, -0.1) is 0 Å². The van der Waals surface area contributed by atoms with Crippen LogP contribution in [-0.2, 0) is 0 Å². The van der Waals surface area contributed by atoms with E-state index in [1.165, 1.54) is 0 Å². The van der Waals surface area contributed by atoms with Crippen molar-refractivity contribution in [3.63, 3.8) is 0 Å². The molecule has 2 aromatic heterocycles. The largest absolute Gasteiger partial charge is 0.466 e. The fraction of sp³-hybridized carbons (Fsp3) is 0.214. The molecule has 0 spiro atoms. The third-order valence-corrected chi connectivity index (χ3v) is 2.70. The van der Waals surface area contributed by atoms with Crippen LogP contribution in [0.4, 0.5) is 0 Å². The minimum atomic E-state index is -0.472. The van der Waals surface area contributed by atoms with Crippen LogP contribution in [0.15, 0.2) is 28.7 Å². The van der Waals surface area contributed by atoms with Gasteiger partial charge in [-0.1, -0.05) is 6.07 Å². The highest BCUT2D eigenvalue weighted by atomic mass is 16.3. The van der Waals surface area contributed by atoms with E-state index in [1.54, 1.807) is 45.0 Å². The number of furan rings is 1. The lowest BCUT2D eigenvalue weighted by molar-refractivity contribution is 0.0843.